The summed E-state index contributed by atoms with van der Waals surface area (Å²) in [5.41, 5.74) is 1.65. The lowest BCUT2D eigenvalue weighted by Crippen LogP contribution is -2.59. The maximum absolute atomic E-state index is 13.7. The van der Waals surface area contributed by atoms with E-state index in [-0.39, 0.29) is 41.7 Å². The van der Waals surface area contributed by atoms with E-state index in [2.05, 4.69) is 53.1 Å². The Morgan fingerprint density at radius 1 is 1.22 bits per heavy atom. The van der Waals surface area contributed by atoms with Gasteiger partial charge in [0.1, 0.15) is 12.2 Å². The SMILES string of the molecule is Cc1cc(C(F)F)n(CC(=O)N2[C@H]3CCC[C@H]4N(C)[C@@H](Cc5ccccc5)[C@@H]2C[C@@]34C)n1. The first kappa shape index (κ1) is 21.6. The zero-order valence-corrected chi connectivity index (χ0v) is 19.0. The zero-order chi connectivity index (χ0) is 22.6. The van der Waals surface area contributed by atoms with Crippen LogP contribution in [-0.2, 0) is 17.8 Å². The van der Waals surface area contributed by atoms with Gasteiger partial charge in [0.25, 0.3) is 6.43 Å². The van der Waals surface area contributed by atoms with Crippen LogP contribution < -0.4 is 0 Å². The Bertz CT molecular complexity index is 993. The van der Waals surface area contributed by atoms with Gasteiger partial charge in [0.2, 0.25) is 5.91 Å². The molecule has 32 heavy (non-hydrogen) atoms. The van der Waals surface area contributed by atoms with Crippen LogP contribution in [0.15, 0.2) is 36.4 Å². The normalized spacial score (nSPS) is 32.0. The van der Waals surface area contributed by atoms with E-state index in [9.17, 15) is 13.6 Å². The highest BCUT2D eigenvalue weighted by Gasteiger charge is 2.62. The predicted molar refractivity (Wildman–Crippen MR) is 118 cm³/mol. The molecule has 172 valence electrons. The summed E-state index contributed by atoms with van der Waals surface area (Å²) in [6.45, 7) is 3.90. The van der Waals surface area contributed by atoms with E-state index in [1.54, 1.807) is 6.92 Å². The Balaban J connectivity index is 1.48. The summed E-state index contributed by atoms with van der Waals surface area (Å²) >= 11 is 0. The molecule has 5 atom stereocenters. The number of likely N-dealkylation sites (tertiary alicyclic amines) is 2. The number of halogens is 2. The minimum absolute atomic E-state index is 0.0477. The van der Waals surface area contributed by atoms with E-state index in [0.717, 1.165) is 32.1 Å². The van der Waals surface area contributed by atoms with Gasteiger partial charge >= 0.3 is 0 Å². The Kier molecular flexibility index (Phi) is 5.35. The molecule has 2 saturated heterocycles. The molecule has 2 aromatic rings. The van der Waals surface area contributed by atoms with E-state index >= 15 is 0 Å². The molecule has 0 N–H and O–H groups in total. The number of alkyl halides is 2. The molecule has 1 saturated carbocycles. The number of fused-ring (bicyclic) bond motifs is 1. The van der Waals surface area contributed by atoms with E-state index in [0.29, 0.717) is 11.7 Å². The second kappa shape index (κ2) is 7.94. The third-order valence-corrected chi connectivity index (χ3v) is 8.30. The smallest absolute Gasteiger partial charge is 0.280 e. The van der Waals surface area contributed by atoms with Crippen molar-refractivity contribution < 1.29 is 13.6 Å². The summed E-state index contributed by atoms with van der Waals surface area (Å²) < 4.78 is 28.2. The van der Waals surface area contributed by atoms with Gasteiger partial charge in [-0.05, 0) is 57.7 Å². The average Bonchev–Trinajstić information content (AvgIpc) is 3.27. The van der Waals surface area contributed by atoms with Crippen LogP contribution in [0.3, 0.4) is 0 Å². The number of rotatable bonds is 5. The highest BCUT2D eigenvalue weighted by molar-refractivity contribution is 5.77. The maximum atomic E-state index is 13.7. The van der Waals surface area contributed by atoms with Gasteiger partial charge in [-0.3, -0.25) is 14.4 Å². The largest absolute Gasteiger partial charge is 0.333 e. The van der Waals surface area contributed by atoms with Crippen molar-refractivity contribution in [3.63, 3.8) is 0 Å². The van der Waals surface area contributed by atoms with Crippen LogP contribution in [-0.4, -0.2) is 56.7 Å². The molecule has 0 radical (unpaired) electrons. The summed E-state index contributed by atoms with van der Waals surface area (Å²) in [6, 6.07) is 12.7. The van der Waals surface area contributed by atoms with Crippen LogP contribution in [0.5, 0.6) is 0 Å². The molecule has 7 heteroatoms. The number of benzene rings is 1. The summed E-state index contributed by atoms with van der Waals surface area (Å²) in [7, 11) is 2.21. The number of hydrogen-bond acceptors (Lipinski definition) is 3. The van der Waals surface area contributed by atoms with Gasteiger partial charge in [-0.15, -0.1) is 0 Å². The fourth-order valence-corrected chi connectivity index (χ4v) is 6.96. The molecule has 0 spiro atoms. The molecule has 2 aliphatic heterocycles. The van der Waals surface area contributed by atoms with Crippen molar-refractivity contribution in [1.82, 2.24) is 19.6 Å². The van der Waals surface area contributed by atoms with Gasteiger partial charge in [0.15, 0.2) is 0 Å². The van der Waals surface area contributed by atoms with Crippen molar-refractivity contribution in [2.24, 2.45) is 5.41 Å². The second-order valence-electron chi connectivity index (χ2n) is 10.1. The summed E-state index contributed by atoms with van der Waals surface area (Å²) in [4.78, 5) is 18.3. The first-order chi connectivity index (χ1) is 15.3. The van der Waals surface area contributed by atoms with E-state index < -0.39 is 6.43 Å². The number of aryl methyl sites for hydroxylation is 1. The topological polar surface area (TPSA) is 41.4 Å². The van der Waals surface area contributed by atoms with Crippen LogP contribution >= 0.6 is 0 Å². The minimum Gasteiger partial charge on any atom is -0.333 e. The van der Waals surface area contributed by atoms with Crippen LogP contribution in [0.4, 0.5) is 8.78 Å². The standard InChI is InChI=1S/C25H32F2N4O/c1-16-12-19(24(26)27)30(28-16)15-23(32)31-20-14-25(2)21(10-7-11-22(25)31)29(3)18(20)13-17-8-5-4-6-9-17/h4-6,8-9,12,18,20-22,24H,7,10-11,13-15H2,1-3H3/t18-,20-,21+,22-,25+/m0/s1. The fourth-order valence-electron chi connectivity index (χ4n) is 6.96. The predicted octanol–water partition coefficient (Wildman–Crippen LogP) is 4.21. The van der Waals surface area contributed by atoms with Gasteiger partial charge < -0.3 is 4.90 Å². The number of aromatic nitrogens is 2. The molecule has 1 aliphatic carbocycles. The minimum atomic E-state index is -2.64. The molecular weight excluding hydrogens is 410 g/mol. The van der Waals surface area contributed by atoms with Gasteiger partial charge in [-0.25, -0.2) is 8.78 Å². The summed E-state index contributed by atoms with van der Waals surface area (Å²) in [5.74, 6) is -0.0808. The van der Waals surface area contributed by atoms with Gasteiger partial charge in [-0.1, -0.05) is 37.3 Å². The average molecular weight is 443 g/mol. The number of carbonyl (C=O) groups is 1. The molecule has 5 rings (SSSR count). The molecule has 5 nitrogen and oxygen atoms in total. The summed E-state index contributed by atoms with van der Waals surface area (Å²) in [6.07, 6.45) is 2.45. The Morgan fingerprint density at radius 2 is 1.94 bits per heavy atom. The molecular formula is C25H32F2N4O. The Hall–Kier alpha value is -2.28. The Labute approximate surface area is 188 Å². The number of piperidine rings is 1. The molecule has 1 aromatic heterocycles. The third kappa shape index (κ3) is 3.36. The molecule has 1 amide bonds. The second-order valence-corrected chi connectivity index (χ2v) is 10.1. The van der Waals surface area contributed by atoms with Gasteiger partial charge in [-0.2, -0.15) is 5.10 Å². The number of likely N-dealkylation sites (N-methyl/N-ethyl adjacent to an activating group) is 1. The van der Waals surface area contributed by atoms with Gasteiger partial charge in [0.05, 0.1) is 5.69 Å². The lowest BCUT2D eigenvalue weighted by atomic mass is 9.64. The van der Waals surface area contributed by atoms with Crippen molar-refractivity contribution in [3.8, 4) is 0 Å². The summed E-state index contributed by atoms with van der Waals surface area (Å²) in [5, 5.41) is 4.21. The monoisotopic (exact) mass is 442 g/mol. The van der Waals surface area contributed by atoms with E-state index in [1.807, 2.05) is 6.07 Å². The van der Waals surface area contributed by atoms with E-state index in [1.165, 1.54) is 16.3 Å². The number of carbonyl (C=O) groups excluding carboxylic acids is 1. The van der Waals surface area contributed by atoms with Crippen LogP contribution in [0.25, 0.3) is 0 Å². The third-order valence-electron chi connectivity index (χ3n) is 8.30. The van der Waals surface area contributed by atoms with Crippen molar-refractivity contribution >= 4 is 5.91 Å². The maximum Gasteiger partial charge on any atom is 0.280 e. The zero-order valence-electron chi connectivity index (χ0n) is 19.0. The van der Waals surface area contributed by atoms with Crippen LogP contribution in [0, 0.1) is 12.3 Å². The molecule has 0 unspecified atom stereocenters. The lowest BCUT2D eigenvalue weighted by molar-refractivity contribution is -0.136. The molecule has 1 aromatic carbocycles. The molecule has 3 aliphatic rings. The van der Waals surface area contributed by atoms with E-state index in [4.69, 9.17) is 0 Å². The van der Waals surface area contributed by atoms with Crippen molar-refractivity contribution in [3.05, 3.63) is 53.3 Å². The van der Waals surface area contributed by atoms with Crippen molar-refractivity contribution in [2.75, 3.05) is 7.05 Å². The first-order valence-electron chi connectivity index (χ1n) is 11.7. The quantitative estimate of drug-likeness (QED) is 0.697. The first-order valence-corrected chi connectivity index (χ1v) is 11.7. The lowest BCUT2D eigenvalue weighted by Gasteiger charge is -2.51. The van der Waals surface area contributed by atoms with Crippen LogP contribution in [0.2, 0.25) is 0 Å². The number of nitrogens with zero attached hydrogens (tertiary/aromatic N) is 4. The van der Waals surface area contributed by atoms with Crippen LogP contribution in [0.1, 0.15) is 56.0 Å². The number of amides is 1. The molecule has 2 bridgehead atoms. The number of hydrogen-bond donors (Lipinski definition) is 0. The highest BCUT2D eigenvalue weighted by Crippen LogP contribution is 2.56. The van der Waals surface area contributed by atoms with Crippen molar-refractivity contribution in [1.29, 1.82) is 0 Å². The Morgan fingerprint density at radius 3 is 2.66 bits per heavy atom. The highest BCUT2D eigenvalue weighted by atomic mass is 19.3. The molecule has 3 fully saturated rings. The van der Waals surface area contributed by atoms with Gasteiger partial charge in [0, 0.05) is 29.6 Å². The van der Waals surface area contributed by atoms with Crippen molar-refractivity contribution in [2.45, 2.75) is 83.1 Å². The fraction of sp³-hybridized carbons (Fsp3) is 0.600. The molecule has 3 heterocycles.